The van der Waals surface area contributed by atoms with Gasteiger partial charge in [-0.1, -0.05) is 48.5 Å². The fourth-order valence-corrected chi connectivity index (χ4v) is 2.91. The monoisotopic (exact) mass is 371 g/mol. The number of aryl methyl sites for hydroxylation is 1. The predicted octanol–water partition coefficient (Wildman–Crippen LogP) is 4.05. The van der Waals surface area contributed by atoms with Crippen LogP contribution in [0.5, 0.6) is 5.75 Å². The van der Waals surface area contributed by atoms with Crippen molar-refractivity contribution in [2.75, 3.05) is 0 Å². The lowest BCUT2D eigenvalue weighted by Crippen LogP contribution is -2.06. The van der Waals surface area contributed by atoms with Gasteiger partial charge in [-0.3, -0.25) is 0 Å². The number of aromatic nitrogens is 3. The molecule has 0 radical (unpaired) electrons. The van der Waals surface area contributed by atoms with Crippen LogP contribution in [0.1, 0.15) is 18.1 Å². The molecule has 0 saturated carbocycles. The zero-order valence-electron chi connectivity index (χ0n) is 12.7. The molecule has 0 bridgehead atoms. The van der Waals surface area contributed by atoms with E-state index in [4.69, 9.17) is 4.74 Å². The highest BCUT2D eigenvalue weighted by atomic mass is 79.9. The Hall–Kier alpha value is -2.14. The van der Waals surface area contributed by atoms with Crippen molar-refractivity contribution in [2.45, 2.75) is 26.0 Å². The Morgan fingerprint density at radius 1 is 0.957 bits per heavy atom. The Labute approximate surface area is 145 Å². The van der Waals surface area contributed by atoms with Crippen LogP contribution in [0.25, 0.3) is 11.1 Å². The van der Waals surface area contributed by atoms with Crippen LogP contribution in [-0.4, -0.2) is 14.8 Å². The van der Waals surface area contributed by atoms with Crippen LogP contribution < -0.4 is 4.74 Å². The largest absolute Gasteiger partial charge is 0.485 e. The van der Waals surface area contributed by atoms with Crippen LogP contribution in [0.2, 0.25) is 0 Å². The molecule has 0 atom stereocenters. The Bertz CT molecular complexity index is 786. The molecule has 4 rings (SSSR count). The molecule has 4 nitrogen and oxygen atoms in total. The van der Waals surface area contributed by atoms with Gasteiger partial charge in [-0.25, -0.2) is 0 Å². The Morgan fingerprint density at radius 3 is 2.61 bits per heavy atom. The van der Waals surface area contributed by atoms with Gasteiger partial charge in [0.05, 0.1) is 0 Å². The quantitative estimate of drug-likeness (QED) is 0.694. The van der Waals surface area contributed by atoms with Gasteiger partial charge in [0.15, 0.2) is 5.82 Å². The molecule has 2 aromatic carbocycles. The molecule has 1 aliphatic heterocycles. The van der Waals surface area contributed by atoms with Gasteiger partial charge < -0.3 is 9.30 Å². The number of nitrogens with zero attached hydrogens (tertiary/aromatic N) is 3. The summed E-state index contributed by atoms with van der Waals surface area (Å²) < 4.78 is 8.21. The zero-order chi connectivity index (χ0) is 14.8. The van der Waals surface area contributed by atoms with Crippen molar-refractivity contribution in [3.63, 3.8) is 0 Å². The number of hydrogen-bond donors (Lipinski definition) is 0. The van der Waals surface area contributed by atoms with Gasteiger partial charge in [0, 0.05) is 18.5 Å². The van der Waals surface area contributed by atoms with Crippen LogP contribution in [0.3, 0.4) is 0 Å². The van der Waals surface area contributed by atoms with Crippen molar-refractivity contribution in [3.8, 4) is 16.9 Å². The van der Waals surface area contributed by atoms with E-state index in [1.54, 1.807) is 0 Å². The summed E-state index contributed by atoms with van der Waals surface area (Å²) in [6, 6.07) is 18.4. The van der Waals surface area contributed by atoms with Crippen LogP contribution >= 0.6 is 17.0 Å². The highest BCUT2D eigenvalue weighted by Crippen LogP contribution is 2.30. The second-order valence-corrected chi connectivity index (χ2v) is 5.44. The Kier molecular flexibility index (Phi) is 4.76. The van der Waals surface area contributed by atoms with Crippen molar-refractivity contribution in [3.05, 3.63) is 66.2 Å². The molecular formula is C18H18BrN3O. The molecule has 0 fully saturated rings. The van der Waals surface area contributed by atoms with E-state index in [-0.39, 0.29) is 17.0 Å². The molecule has 5 heteroatoms. The fourth-order valence-electron chi connectivity index (χ4n) is 2.91. The molecule has 3 aromatic rings. The van der Waals surface area contributed by atoms with Gasteiger partial charge in [0.2, 0.25) is 0 Å². The summed E-state index contributed by atoms with van der Waals surface area (Å²) in [6.07, 6.45) is 2.17. The van der Waals surface area contributed by atoms with Gasteiger partial charge in [-0.2, -0.15) is 0 Å². The third kappa shape index (κ3) is 3.15. The molecule has 23 heavy (non-hydrogen) atoms. The van der Waals surface area contributed by atoms with Gasteiger partial charge >= 0.3 is 0 Å². The standard InChI is InChI=1S/C18H17N3O.BrH/c1-2-7-14(8-3-1)15-9-4-5-10-16(15)22-13-18-20-19-17-11-6-12-21(17)18;/h1-5,7-10H,6,11-13H2;1H. The van der Waals surface area contributed by atoms with Gasteiger partial charge in [0.25, 0.3) is 0 Å². The first-order valence-corrected chi connectivity index (χ1v) is 7.60. The minimum Gasteiger partial charge on any atom is -0.485 e. The summed E-state index contributed by atoms with van der Waals surface area (Å²) in [6.45, 7) is 1.46. The van der Waals surface area contributed by atoms with Gasteiger partial charge in [0.1, 0.15) is 18.2 Å². The Morgan fingerprint density at radius 2 is 1.74 bits per heavy atom. The number of fused-ring (bicyclic) bond motifs is 1. The van der Waals surface area contributed by atoms with Crippen molar-refractivity contribution < 1.29 is 4.74 Å². The van der Waals surface area contributed by atoms with Crippen LogP contribution in [-0.2, 0) is 19.6 Å². The number of halogens is 1. The topological polar surface area (TPSA) is 39.9 Å². The lowest BCUT2D eigenvalue weighted by Gasteiger charge is -2.11. The average molecular weight is 372 g/mol. The number of rotatable bonds is 4. The summed E-state index contributed by atoms with van der Waals surface area (Å²) in [4.78, 5) is 0. The first kappa shape index (κ1) is 15.7. The fraction of sp³-hybridized carbons (Fsp3) is 0.222. The Balaban J connectivity index is 0.00000156. The zero-order valence-corrected chi connectivity index (χ0v) is 14.4. The molecule has 2 heterocycles. The molecular weight excluding hydrogens is 354 g/mol. The maximum absolute atomic E-state index is 6.04. The van der Waals surface area contributed by atoms with E-state index in [2.05, 4.69) is 33.0 Å². The lowest BCUT2D eigenvalue weighted by molar-refractivity contribution is 0.290. The number of benzene rings is 2. The summed E-state index contributed by atoms with van der Waals surface area (Å²) in [5, 5.41) is 8.47. The molecule has 0 amide bonds. The molecule has 0 spiro atoms. The molecule has 0 saturated heterocycles. The van der Waals surface area contributed by atoms with Crippen LogP contribution in [0.15, 0.2) is 54.6 Å². The molecule has 0 unspecified atom stereocenters. The summed E-state index contributed by atoms with van der Waals surface area (Å²) in [7, 11) is 0. The summed E-state index contributed by atoms with van der Waals surface area (Å²) in [5.74, 6) is 2.87. The molecule has 118 valence electrons. The lowest BCUT2D eigenvalue weighted by atomic mass is 10.1. The van der Waals surface area contributed by atoms with Crippen molar-refractivity contribution in [1.82, 2.24) is 14.8 Å². The molecule has 1 aliphatic rings. The SMILES string of the molecule is Br.c1ccc(-c2ccccc2OCc2nnc3n2CCC3)cc1. The van der Waals surface area contributed by atoms with E-state index in [0.717, 1.165) is 47.9 Å². The number of hydrogen-bond acceptors (Lipinski definition) is 3. The average Bonchev–Trinajstić information content (AvgIpc) is 3.18. The van der Waals surface area contributed by atoms with E-state index >= 15 is 0 Å². The second kappa shape index (κ2) is 6.96. The molecule has 1 aromatic heterocycles. The van der Waals surface area contributed by atoms with Crippen molar-refractivity contribution in [2.24, 2.45) is 0 Å². The third-order valence-electron chi connectivity index (χ3n) is 4.01. The van der Waals surface area contributed by atoms with Crippen molar-refractivity contribution >= 4 is 17.0 Å². The van der Waals surface area contributed by atoms with E-state index in [9.17, 15) is 0 Å². The van der Waals surface area contributed by atoms with Crippen LogP contribution in [0.4, 0.5) is 0 Å². The van der Waals surface area contributed by atoms with E-state index in [1.165, 1.54) is 0 Å². The number of ether oxygens (including phenoxy) is 1. The second-order valence-electron chi connectivity index (χ2n) is 5.44. The number of para-hydroxylation sites is 1. The van der Waals surface area contributed by atoms with E-state index in [1.807, 2.05) is 36.4 Å². The molecule has 0 aliphatic carbocycles. The summed E-state index contributed by atoms with van der Waals surface area (Å²) in [5.41, 5.74) is 2.26. The normalized spacial score (nSPS) is 12.5. The van der Waals surface area contributed by atoms with Gasteiger partial charge in [-0.05, 0) is 18.1 Å². The minimum absolute atomic E-state index is 0. The highest BCUT2D eigenvalue weighted by molar-refractivity contribution is 8.93. The highest BCUT2D eigenvalue weighted by Gasteiger charge is 2.17. The predicted molar refractivity (Wildman–Crippen MR) is 94.9 cm³/mol. The van der Waals surface area contributed by atoms with Crippen LogP contribution in [0, 0.1) is 0 Å². The first-order valence-electron chi connectivity index (χ1n) is 7.60. The van der Waals surface area contributed by atoms with E-state index < -0.39 is 0 Å². The molecule has 0 N–H and O–H groups in total. The van der Waals surface area contributed by atoms with E-state index in [0.29, 0.717) is 6.61 Å². The van der Waals surface area contributed by atoms with Gasteiger partial charge in [-0.15, -0.1) is 27.2 Å². The third-order valence-corrected chi connectivity index (χ3v) is 4.01. The smallest absolute Gasteiger partial charge is 0.171 e. The first-order chi connectivity index (χ1) is 10.9. The minimum atomic E-state index is 0. The maximum Gasteiger partial charge on any atom is 0.171 e. The summed E-state index contributed by atoms with van der Waals surface area (Å²) >= 11 is 0. The maximum atomic E-state index is 6.04. The van der Waals surface area contributed by atoms with Crippen molar-refractivity contribution in [1.29, 1.82) is 0 Å².